The number of carbonyl (C=O) groups excluding carboxylic acids is 1. The van der Waals surface area contributed by atoms with Crippen molar-refractivity contribution >= 4 is 40.0 Å². The molecule has 6 heterocycles. The monoisotopic (exact) mass is 449 g/mol. The molecule has 33 heavy (non-hydrogen) atoms. The summed E-state index contributed by atoms with van der Waals surface area (Å²) < 4.78 is 8.89. The maximum Gasteiger partial charge on any atom is 0.371 e. The number of carbonyl (C=O) groups is 1. The largest absolute Gasteiger partial charge is 0.371 e. The molecular weight excluding hydrogens is 428 g/mol. The molecule has 0 aliphatic carbocycles. The van der Waals surface area contributed by atoms with Crippen molar-refractivity contribution in [2.45, 2.75) is 45.9 Å². The van der Waals surface area contributed by atoms with Crippen molar-refractivity contribution in [2.24, 2.45) is 0 Å². The van der Waals surface area contributed by atoms with Crippen LogP contribution in [0.25, 0.3) is 28.1 Å². The van der Waals surface area contributed by atoms with Gasteiger partial charge in [-0.25, -0.2) is 24.3 Å². The standard InChI is InChI=1S/C20H20N10O3/c1-10(2)29-8-22-14-16(32)25-20-26(4-5-27(20)17(14)29)6-11(3)30-9-21-13-15(30)24-19-23-12(31)7-28(19)18(13)33/h4-5,8-11H,6-7H2,1-3H3,(H,23,24,31,33)/p+1. The van der Waals surface area contributed by atoms with E-state index in [9.17, 15) is 14.4 Å². The fourth-order valence-corrected chi connectivity index (χ4v) is 4.41. The van der Waals surface area contributed by atoms with Crippen LogP contribution in [0.1, 0.15) is 32.9 Å². The lowest BCUT2D eigenvalue weighted by Gasteiger charge is -2.13. The Hall–Kier alpha value is -4.29. The van der Waals surface area contributed by atoms with Crippen molar-refractivity contribution in [3.8, 4) is 0 Å². The Labute approximate surface area is 184 Å². The number of H-pyrrole nitrogens is 1. The number of imidazole rings is 3. The molecule has 6 rings (SSSR count). The third-order valence-electron chi connectivity index (χ3n) is 6.06. The molecule has 1 aliphatic heterocycles. The SMILES string of the molecule is CC(C)n1cnc2c(=O)[nH]c3n(cc[n+]3CC(C)n3cnc4c(=O)n5c(nc43)NC(=O)C5)c21. The number of amides is 1. The molecule has 0 spiro atoms. The number of hydrogen-bond acceptors (Lipinski definition) is 6. The number of anilines is 1. The number of aromatic amines is 1. The zero-order chi connectivity index (χ0) is 23.0. The van der Waals surface area contributed by atoms with E-state index in [4.69, 9.17) is 0 Å². The fourth-order valence-electron chi connectivity index (χ4n) is 4.41. The minimum absolute atomic E-state index is 0.0547. The number of rotatable bonds is 4. The molecular formula is C20H21N10O3+. The summed E-state index contributed by atoms with van der Waals surface area (Å²) >= 11 is 0. The Balaban J connectivity index is 1.44. The number of aromatic nitrogens is 9. The summed E-state index contributed by atoms with van der Waals surface area (Å²) in [5.41, 5.74) is 1.11. The van der Waals surface area contributed by atoms with E-state index in [1.54, 1.807) is 17.2 Å². The zero-order valence-electron chi connectivity index (χ0n) is 18.2. The van der Waals surface area contributed by atoms with Crippen LogP contribution in [0.15, 0.2) is 34.6 Å². The third kappa shape index (κ3) is 2.68. The van der Waals surface area contributed by atoms with Crippen molar-refractivity contribution in [1.29, 1.82) is 0 Å². The molecule has 13 nitrogen and oxygen atoms in total. The predicted molar refractivity (Wildman–Crippen MR) is 117 cm³/mol. The van der Waals surface area contributed by atoms with E-state index in [0.717, 1.165) is 5.65 Å². The minimum Gasteiger partial charge on any atom is -0.309 e. The zero-order valence-corrected chi connectivity index (χ0v) is 18.2. The maximum absolute atomic E-state index is 12.7. The summed E-state index contributed by atoms with van der Waals surface area (Å²) in [5.74, 6) is 0.563. The van der Waals surface area contributed by atoms with Gasteiger partial charge in [0, 0.05) is 6.04 Å². The van der Waals surface area contributed by atoms with Crippen LogP contribution in [0.2, 0.25) is 0 Å². The van der Waals surface area contributed by atoms with Gasteiger partial charge < -0.3 is 9.13 Å². The smallest absolute Gasteiger partial charge is 0.309 e. The lowest BCUT2D eigenvalue weighted by atomic mass is 10.3. The number of nitrogens with one attached hydrogen (secondary N) is 2. The van der Waals surface area contributed by atoms with Gasteiger partial charge in [-0.3, -0.25) is 19.5 Å². The first kappa shape index (κ1) is 19.4. The van der Waals surface area contributed by atoms with Gasteiger partial charge in [0.05, 0.1) is 31.4 Å². The van der Waals surface area contributed by atoms with Crippen LogP contribution in [-0.4, -0.2) is 43.9 Å². The van der Waals surface area contributed by atoms with Crippen molar-refractivity contribution in [3.63, 3.8) is 0 Å². The Morgan fingerprint density at radius 3 is 2.64 bits per heavy atom. The van der Waals surface area contributed by atoms with Gasteiger partial charge in [-0.05, 0) is 20.8 Å². The lowest BCUT2D eigenvalue weighted by molar-refractivity contribution is -0.677. The first-order chi connectivity index (χ1) is 15.8. The van der Waals surface area contributed by atoms with Crippen molar-refractivity contribution < 1.29 is 9.36 Å². The highest BCUT2D eigenvalue weighted by Gasteiger charge is 2.26. The molecule has 2 N–H and O–H groups in total. The second-order valence-corrected chi connectivity index (χ2v) is 8.56. The van der Waals surface area contributed by atoms with Crippen LogP contribution in [0.3, 0.4) is 0 Å². The quantitative estimate of drug-likeness (QED) is 0.369. The summed E-state index contributed by atoms with van der Waals surface area (Å²) in [7, 11) is 0. The van der Waals surface area contributed by atoms with Crippen LogP contribution in [0, 0.1) is 0 Å². The molecule has 1 aliphatic rings. The first-order valence-corrected chi connectivity index (χ1v) is 10.6. The van der Waals surface area contributed by atoms with E-state index in [-0.39, 0.29) is 47.1 Å². The van der Waals surface area contributed by atoms with Crippen molar-refractivity contribution in [1.82, 2.24) is 38.0 Å². The summed E-state index contributed by atoms with van der Waals surface area (Å²) in [6.45, 7) is 6.46. The van der Waals surface area contributed by atoms with E-state index in [1.807, 2.05) is 46.7 Å². The maximum atomic E-state index is 12.7. The van der Waals surface area contributed by atoms with Crippen LogP contribution < -0.4 is 21.0 Å². The Morgan fingerprint density at radius 1 is 1.09 bits per heavy atom. The van der Waals surface area contributed by atoms with E-state index in [2.05, 4.69) is 25.3 Å². The lowest BCUT2D eigenvalue weighted by Crippen LogP contribution is -2.38. The predicted octanol–water partition coefficient (Wildman–Crippen LogP) is -0.0346. The topological polar surface area (TPSA) is 141 Å². The summed E-state index contributed by atoms with van der Waals surface area (Å²) in [6.07, 6.45) is 7.03. The molecule has 1 atom stereocenters. The number of hydrogen-bond donors (Lipinski definition) is 2. The van der Waals surface area contributed by atoms with Crippen molar-refractivity contribution in [3.05, 3.63) is 45.8 Å². The summed E-state index contributed by atoms with van der Waals surface area (Å²) in [6, 6.07) is -0.0213. The first-order valence-electron chi connectivity index (χ1n) is 10.6. The molecule has 0 bridgehead atoms. The van der Waals surface area contributed by atoms with E-state index < -0.39 is 0 Å². The average molecular weight is 449 g/mol. The van der Waals surface area contributed by atoms with Crippen LogP contribution in [-0.2, 0) is 17.9 Å². The molecule has 0 fully saturated rings. The molecule has 168 valence electrons. The molecule has 0 aromatic carbocycles. The van der Waals surface area contributed by atoms with Gasteiger partial charge in [-0.15, -0.1) is 0 Å². The second kappa shape index (κ2) is 6.60. The van der Waals surface area contributed by atoms with Crippen LogP contribution >= 0.6 is 0 Å². The average Bonchev–Trinajstić information content (AvgIpc) is 3.52. The van der Waals surface area contributed by atoms with Gasteiger partial charge >= 0.3 is 11.3 Å². The van der Waals surface area contributed by atoms with Gasteiger partial charge in [-0.2, -0.15) is 9.38 Å². The third-order valence-corrected chi connectivity index (χ3v) is 6.06. The van der Waals surface area contributed by atoms with E-state index >= 15 is 0 Å². The summed E-state index contributed by atoms with van der Waals surface area (Å²) in [5, 5.41) is 2.61. The minimum atomic E-state index is -0.352. The highest BCUT2D eigenvalue weighted by Crippen LogP contribution is 2.19. The molecule has 13 heteroatoms. The number of fused-ring (bicyclic) bond motifs is 5. The summed E-state index contributed by atoms with van der Waals surface area (Å²) in [4.78, 5) is 53.0. The fraction of sp³-hybridized carbons (Fsp3) is 0.350. The normalized spacial score (nSPS) is 14.6. The number of nitrogens with zero attached hydrogens (tertiary/aromatic N) is 8. The molecule has 0 saturated heterocycles. The highest BCUT2D eigenvalue weighted by atomic mass is 16.2. The molecule has 5 aromatic heterocycles. The van der Waals surface area contributed by atoms with Crippen LogP contribution in [0.4, 0.5) is 5.95 Å². The second-order valence-electron chi connectivity index (χ2n) is 8.56. The van der Waals surface area contributed by atoms with Gasteiger partial charge in [0.2, 0.25) is 23.0 Å². The highest BCUT2D eigenvalue weighted by molar-refractivity contribution is 5.93. The van der Waals surface area contributed by atoms with E-state index in [1.165, 1.54) is 4.57 Å². The molecule has 1 unspecified atom stereocenters. The van der Waals surface area contributed by atoms with Gasteiger partial charge in [0.25, 0.3) is 5.56 Å². The van der Waals surface area contributed by atoms with Crippen LogP contribution in [0.5, 0.6) is 0 Å². The molecule has 0 saturated carbocycles. The Bertz CT molecular complexity index is 1710. The Kier molecular flexibility index (Phi) is 3.88. The van der Waals surface area contributed by atoms with E-state index in [0.29, 0.717) is 23.5 Å². The molecule has 5 aromatic rings. The van der Waals surface area contributed by atoms with Gasteiger partial charge in [0.15, 0.2) is 11.2 Å². The molecule has 1 amide bonds. The van der Waals surface area contributed by atoms with Gasteiger partial charge in [-0.1, -0.05) is 0 Å². The Morgan fingerprint density at radius 2 is 1.85 bits per heavy atom. The van der Waals surface area contributed by atoms with Gasteiger partial charge in [0.1, 0.15) is 12.7 Å². The molecule has 0 radical (unpaired) electrons. The van der Waals surface area contributed by atoms with Crippen molar-refractivity contribution in [2.75, 3.05) is 5.32 Å².